The van der Waals surface area contributed by atoms with Crippen molar-refractivity contribution in [3.8, 4) is 0 Å². The van der Waals surface area contributed by atoms with Gasteiger partial charge in [-0.2, -0.15) is 12.6 Å². The van der Waals surface area contributed by atoms with Gasteiger partial charge >= 0.3 is 0 Å². The first-order valence-electron chi connectivity index (χ1n) is 7.72. The lowest BCUT2D eigenvalue weighted by Gasteiger charge is -2.55. The minimum atomic E-state index is 0.245. The van der Waals surface area contributed by atoms with Crippen molar-refractivity contribution >= 4 is 18.5 Å². The number of carbonyl (C=O) groups is 1. The van der Waals surface area contributed by atoms with Gasteiger partial charge in [-0.05, 0) is 45.7 Å². The third kappa shape index (κ3) is 3.10. The Kier molecular flexibility index (Phi) is 4.83. The van der Waals surface area contributed by atoms with Crippen LogP contribution in [0.4, 0.5) is 0 Å². The molecule has 110 valence electrons. The number of hydrogen-bond acceptors (Lipinski definition) is 3. The lowest BCUT2D eigenvalue weighted by atomic mass is 9.71. The van der Waals surface area contributed by atoms with Crippen LogP contribution >= 0.6 is 12.6 Å². The largest absolute Gasteiger partial charge is 0.341 e. The van der Waals surface area contributed by atoms with Crippen molar-refractivity contribution in [3.63, 3.8) is 0 Å². The van der Waals surface area contributed by atoms with Gasteiger partial charge in [-0.1, -0.05) is 13.8 Å². The van der Waals surface area contributed by atoms with Crippen molar-refractivity contribution in [2.24, 2.45) is 11.3 Å². The molecule has 2 aliphatic heterocycles. The molecule has 3 nitrogen and oxygen atoms in total. The second-order valence-corrected chi connectivity index (χ2v) is 7.12. The van der Waals surface area contributed by atoms with Gasteiger partial charge in [-0.3, -0.25) is 9.69 Å². The van der Waals surface area contributed by atoms with E-state index in [0.717, 1.165) is 39.0 Å². The molecule has 2 saturated heterocycles. The summed E-state index contributed by atoms with van der Waals surface area (Å²) in [6.45, 7) is 10.6. The third-order valence-corrected chi connectivity index (χ3v) is 5.41. The highest BCUT2D eigenvalue weighted by atomic mass is 32.1. The zero-order chi connectivity index (χ0) is 14.0. The van der Waals surface area contributed by atoms with E-state index in [1.165, 1.54) is 12.8 Å². The molecule has 2 aliphatic rings. The molecule has 0 saturated carbocycles. The van der Waals surface area contributed by atoms with Crippen LogP contribution in [0, 0.1) is 11.3 Å². The number of thiol groups is 1. The van der Waals surface area contributed by atoms with Crippen molar-refractivity contribution < 1.29 is 4.79 Å². The second-order valence-electron chi connectivity index (χ2n) is 6.38. The summed E-state index contributed by atoms with van der Waals surface area (Å²) in [6, 6.07) is 0. The van der Waals surface area contributed by atoms with E-state index < -0.39 is 0 Å². The molecule has 0 radical (unpaired) electrons. The Morgan fingerprint density at radius 3 is 2.16 bits per heavy atom. The fraction of sp³-hybridized carbons (Fsp3) is 0.933. The molecular formula is C15H28N2OS. The summed E-state index contributed by atoms with van der Waals surface area (Å²) in [6.07, 6.45) is 4.41. The van der Waals surface area contributed by atoms with Crippen molar-refractivity contribution in [1.82, 2.24) is 9.80 Å². The third-order valence-electron chi connectivity index (χ3n) is 5.09. The quantitative estimate of drug-likeness (QED) is 0.802. The lowest BCUT2D eigenvalue weighted by Crippen LogP contribution is -2.63. The van der Waals surface area contributed by atoms with Gasteiger partial charge in [0.15, 0.2) is 0 Å². The van der Waals surface area contributed by atoms with Gasteiger partial charge in [0.1, 0.15) is 0 Å². The zero-order valence-electron chi connectivity index (χ0n) is 12.6. The fourth-order valence-electron chi connectivity index (χ4n) is 3.50. The molecule has 0 bridgehead atoms. The summed E-state index contributed by atoms with van der Waals surface area (Å²) >= 11 is 4.51. The normalized spacial score (nSPS) is 24.6. The maximum absolute atomic E-state index is 12.3. The topological polar surface area (TPSA) is 23.6 Å². The standard InChI is InChI=1S/C15H28N2OS/c1-4-13(5-2)14(18)17-10-15(11-17)6-8-16(9-7-15)12(3)19/h12-13,19H,4-11H2,1-3H3. The molecule has 0 aromatic rings. The monoisotopic (exact) mass is 284 g/mol. The summed E-state index contributed by atoms with van der Waals surface area (Å²) in [5, 5.41) is 0.361. The molecule has 1 atom stereocenters. The van der Waals surface area contributed by atoms with E-state index in [1.54, 1.807) is 0 Å². The van der Waals surface area contributed by atoms with Crippen LogP contribution in [0.5, 0.6) is 0 Å². The summed E-state index contributed by atoms with van der Waals surface area (Å²) in [7, 11) is 0. The first-order valence-corrected chi connectivity index (χ1v) is 8.24. The van der Waals surface area contributed by atoms with E-state index in [4.69, 9.17) is 0 Å². The first-order chi connectivity index (χ1) is 9.01. The predicted octanol–water partition coefficient (Wildman–Crippen LogP) is 2.62. The van der Waals surface area contributed by atoms with Crippen molar-refractivity contribution in [1.29, 1.82) is 0 Å². The van der Waals surface area contributed by atoms with Gasteiger partial charge in [0.2, 0.25) is 5.91 Å². The SMILES string of the molecule is CCC(CC)C(=O)N1CC2(CCN(C(C)S)CC2)C1. The van der Waals surface area contributed by atoms with E-state index in [-0.39, 0.29) is 5.92 Å². The van der Waals surface area contributed by atoms with Crippen LogP contribution in [0.15, 0.2) is 0 Å². The Morgan fingerprint density at radius 1 is 1.21 bits per heavy atom. The minimum absolute atomic E-state index is 0.245. The maximum Gasteiger partial charge on any atom is 0.225 e. The first kappa shape index (κ1) is 15.2. The number of carbonyl (C=O) groups excluding carboxylic acids is 1. The van der Waals surface area contributed by atoms with Gasteiger partial charge in [-0.25, -0.2) is 0 Å². The maximum atomic E-state index is 12.3. The number of likely N-dealkylation sites (tertiary alicyclic amines) is 2. The molecule has 1 spiro atoms. The van der Waals surface area contributed by atoms with Crippen LogP contribution in [0.25, 0.3) is 0 Å². The van der Waals surface area contributed by atoms with E-state index >= 15 is 0 Å². The van der Waals surface area contributed by atoms with E-state index in [0.29, 0.717) is 16.7 Å². The summed E-state index contributed by atoms with van der Waals surface area (Å²) in [5.41, 5.74) is 0.431. The summed E-state index contributed by atoms with van der Waals surface area (Å²) in [4.78, 5) is 16.8. The average Bonchev–Trinajstić information content (AvgIpc) is 2.37. The second kappa shape index (κ2) is 6.04. The molecule has 0 aromatic heterocycles. The van der Waals surface area contributed by atoms with Gasteiger partial charge < -0.3 is 4.90 Å². The van der Waals surface area contributed by atoms with Gasteiger partial charge in [0.25, 0.3) is 0 Å². The van der Waals surface area contributed by atoms with E-state index in [1.807, 2.05) is 0 Å². The Morgan fingerprint density at radius 2 is 1.74 bits per heavy atom. The van der Waals surface area contributed by atoms with Crippen LogP contribution in [0.1, 0.15) is 46.5 Å². The van der Waals surface area contributed by atoms with Crippen LogP contribution < -0.4 is 0 Å². The average molecular weight is 284 g/mol. The number of hydrogen-bond donors (Lipinski definition) is 1. The highest BCUT2D eigenvalue weighted by Gasteiger charge is 2.47. The number of amides is 1. The fourth-order valence-corrected chi connectivity index (χ4v) is 3.73. The number of nitrogens with zero attached hydrogens (tertiary/aromatic N) is 2. The predicted molar refractivity (Wildman–Crippen MR) is 82.3 cm³/mol. The van der Waals surface area contributed by atoms with Crippen LogP contribution in [0.2, 0.25) is 0 Å². The molecule has 2 fully saturated rings. The van der Waals surface area contributed by atoms with Crippen LogP contribution in [-0.4, -0.2) is 47.3 Å². The lowest BCUT2D eigenvalue weighted by molar-refractivity contribution is -0.151. The Balaban J connectivity index is 1.81. The Hall–Kier alpha value is -0.220. The highest BCUT2D eigenvalue weighted by molar-refractivity contribution is 7.80. The van der Waals surface area contributed by atoms with Crippen molar-refractivity contribution in [3.05, 3.63) is 0 Å². The summed E-state index contributed by atoms with van der Waals surface area (Å²) in [5.74, 6) is 0.635. The molecule has 2 rings (SSSR count). The zero-order valence-corrected chi connectivity index (χ0v) is 13.5. The van der Waals surface area contributed by atoms with Crippen molar-refractivity contribution in [2.45, 2.75) is 51.8 Å². The minimum Gasteiger partial charge on any atom is -0.341 e. The molecule has 1 unspecified atom stereocenters. The van der Waals surface area contributed by atoms with Crippen LogP contribution in [-0.2, 0) is 4.79 Å². The molecular weight excluding hydrogens is 256 g/mol. The molecule has 4 heteroatoms. The van der Waals surface area contributed by atoms with Crippen LogP contribution in [0.3, 0.4) is 0 Å². The number of rotatable bonds is 4. The molecule has 0 N–H and O–H groups in total. The van der Waals surface area contributed by atoms with Gasteiger partial charge in [-0.15, -0.1) is 0 Å². The molecule has 1 amide bonds. The molecule has 19 heavy (non-hydrogen) atoms. The van der Waals surface area contributed by atoms with E-state index in [9.17, 15) is 4.79 Å². The summed E-state index contributed by atoms with van der Waals surface area (Å²) < 4.78 is 0. The Labute approximate surface area is 123 Å². The Bertz CT molecular complexity index is 312. The highest BCUT2D eigenvalue weighted by Crippen LogP contribution is 2.41. The number of piperidine rings is 1. The van der Waals surface area contributed by atoms with E-state index in [2.05, 4.69) is 43.2 Å². The van der Waals surface area contributed by atoms with Gasteiger partial charge in [0.05, 0.1) is 0 Å². The molecule has 0 aliphatic carbocycles. The molecule has 0 aromatic carbocycles. The molecule has 2 heterocycles. The van der Waals surface area contributed by atoms with Crippen molar-refractivity contribution in [2.75, 3.05) is 26.2 Å². The van der Waals surface area contributed by atoms with Gasteiger partial charge in [0, 0.05) is 29.8 Å². The smallest absolute Gasteiger partial charge is 0.225 e.